The smallest absolute Gasteiger partial charge is 0.323 e. The lowest BCUT2D eigenvalue weighted by Gasteiger charge is -1.82. The molecule has 0 radical (unpaired) electrons. The molecule has 0 spiro atoms. The first-order valence-corrected chi connectivity index (χ1v) is 3.63. The van der Waals surface area contributed by atoms with Crippen molar-refractivity contribution in [1.82, 2.24) is 0 Å². The average Bonchev–Trinajstić information content (AvgIpc) is 2.84. The topological polar surface area (TPSA) is 107 Å². The molecule has 0 aromatic heterocycles. The second kappa shape index (κ2) is 3.67. The molecule has 0 bridgehead atoms. The van der Waals surface area contributed by atoms with Crippen LogP contribution >= 0.6 is 0 Å². The summed E-state index contributed by atoms with van der Waals surface area (Å²) in [4.78, 5) is 27.0. The van der Waals surface area contributed by atoms with Crippen molar-refractivity contribution in [2.75, 3.05) is 0 Å². The highest BCUT2D eigenvalue weighted by atomic mass is 16.1. The maximum atomic E-state index is 11.0. The molecule has 6 nitrogen and oxygen atoms in total. The minimum atomic E-state index is -0.415. The van der Waals surface area contributed by atoms with Gasteiger partial charge in [0.25, 0.3) is 0 Å². The molecule has 66 valence electrons. The molecule has 0 aromatic rings. The van der Waals surface area contributed by atoms with E-state index in [2.05, 4.69) is 9.58 Å². The monoisotopic (exact) mass is 178 g/mol. The minimum Gasteiger partial charge on any atom is -0.361 e. The first-order valence-electron chi connectivity index (χ1n) is 3.63. The van der Waals surface area contributed by atoms with Crippen LogP contribution in [0.15, 0.2) is 0 Å². The van der Waals surface area contributed by atoms with Gasteiger partial charge in [-0.3, -0.25) is 9.59 Å². The van der Waals surface area contributed by atoms with Gasteiger partial charge in [0.05, 0.1) is 0 Å². The molecule has 2 unspecified atom stereocenters. The van der Waals surface area contributed by atoms with Crippen LogP contribution in [-0.2, 0) is 9.59 Å². The van der Waals surface area contributed by atoms with Gasteiger partial charge in [0, 0.05) is 11.8 Å². The second-order valence-corrected chi connectivity index (χ2v) is 2.74. The standard InChI is InChI=1S/C7H6N4O2/c8-10-2-6(12)4-1-5(4)7(13)3-11-9/h2-5H,1H2. The minimum absolute atomic E-state index is 0.382. The number of hydrogen-bond acceptors (Lipinski definition) is 2. The number of ketones is 2. The first kappa shape index (κ1) is 9.19. The highest BCUT2D eigenvalue weighted by Gasteiger charge is 2.49. The number of hydrogen-bond donors (Lipinski definition) is 0. The molecule has 0 amide bonds. The number of carbonyl (C=O) groups excluding carboxylic acids is 2. The summed E-state index contributed by atoms with van der Waals surface area (Å²) in [6.45, 7) is 0. The lowest BCUT2D eigenvalue weighted by molar-refractivity contribution is -0.121. The van der Waals surface area contributed by atoms with Gasteiger partial charge in [-0.1, -0.05) is 0 Å². The number of Topliss-reactive ketones (excluding diaryl/α,β-unsaturated/α-hetero) is 2. The van der Waals surface area contributed by atoms with Gasteiger partial charge in [0.15, 0.2) is 0 Å². The second-order valence-electron chi connectivity index (χ2n) is 2.74. The van der Waals surface area contributed by atoms with E-state index in [0.717, 1.165) is 12.4 Å². The van der Waals surface area contributed by atoms with Crippen molar-refractivity contribution in [1.29, 1.82) is 0 Å². The Balaban J connectivity index is 2.55. The summed E-state index contributed by atoms with van der Waals surface area (Å²) in [5.74, 6) is -1.60. The number of carbonyl (C=O) groups is 2. The molecule has 6 heteroatoms. The highest BCUT2D eigenvalue weighted by molar-refractivity contribution is 6.33. The summed E-state index contributed by atoms with van der Waals surface area (Å²) < 4.78 is 0. The quantitative estimate of drug-likeness (QED) is 0.324. The van der Waals surface area contributed by atoms with Crippen LogP contribution in [0.4, 0.5) is 0 Å². The van der Waals surface area contributed by atoms with Crippen molar-refractivity contribution in [3.8, 4) is 0 Å². The van der Waals surface area contributed by atoms with Crippen LogP contribution in [0, 0.1) is 11.8 Å². The summed E-state index contributed by atoms with van der Waals surface area (Å²) in [5, 5.41) is 0. The van der Waals surface area contributed by atoms with Crippen molar-refractivity contribution in [3.63, 3.8) is 0 Å². The van der Waals surface area contributed by atoms with Gasteiger partial charge in [-0.05, 0) is 6.42 Å². The zero-order valence-electron chi connectivity index (χ0n) is 6.62. The van der Waals surface area contributed by atoms with Crippen LogP contribution in [0.25, 0.3) is 11.1 Å². The molecule has 1 aliphatic carbocycles. The average molecular weight is 178 g/mol. The summed E-state index contributed by atoms with van der Waals surface area (Å²) in [5.41, 5.74) is 16.1. The summed E-state index contributed by atoms with van der Waals surface area (Å²) in [7, 11) is 0. The van der Waals surface area contributed by atoms with Crippen molar-refractivity contribution in [2.24, 2.45) is 11.8 Å². The third kappa shape index (κ3) is 2.02. The van der Waals surface area contributed by atoms with Crippen LogP contribution in [-0.4, -0.2) is 33.6 Å². The fraction of sp³-hybridized carbons (Fsp3) is 0.429. The third-order valence-electron chi connectivity index (χ3n) is 1.89. The van der Waals surface area contributed by atoms with Gasteiger partial charge >= 0.3 is 12.4 Å². The van der Waals surface area contributed by atoms with Crippen LogP contribution in [0.5, 0.6) is 0 Å². The van der Waals surface area contributed by atoms with Gasteiger partial charge in [-0.25, -0.2) is 0 Å². The Hall–Kier alpha value is -1.90. The summed E-state index contributed by atoms with van der Waals surface area (Å²) in [6.07, 6.45) is 1.97. The maximum Gasteiger partial charge on any atom is 0.323 e. The fourth-order valence-electron chi connectivity index (χ4n) is 1.13. The zero-order valence-corrected chi connectivity index (χ0v) is 6.62. The van der Waals surface area contributed by atoms with E-state index in [0.29, 0.717) is 6.42 Å². The molecule has 0 aromatic carbocycles. The van der Waals surface area contributed by atoms with Crippen molar-refractivity contribution >= 4 is 24.0 Å². The van der Waals surface area contributed by atoms with Crippen LogP contribution in [0.1, 0.15) is 6.42 Å². The Morgan fingerprint density at radius 1 is 1.08 bits per heavy atom. The molecule has 1 saturated carbocycles. The predicted octanol–water partition coefficient (Wildman–Crippen LogP) is -0.638. The van der Waals surface area contributed by atoms with Crippen LogP contribution in [0.2, 0.25) is 0 Å². The molecule has 0 aliphatic heterocycles. The van der Waals surface area contributed by atoms with E-state index in [1.54, 1.807) is 0 Å². The predicted molar refractivity (Wildman–Crippen MR) is 41.0 cm³/mol. The lowest BCUT2D eigenvalue weighted by Crippen LogP contribution is -2.10. The number of rotatable bonds is 4. The van der Waals surface area contributed by atoms with E-state index in [-0.39, 0.29) is 11.6 Å². The molecular formula is C7H6N4O2. The Labute approximate surface area is 73.4 Å². The van der Waals surface area contributed by atoms with Crippen molar-refractivity contribution < 1.29 is 19.2 Å². The summed E-state index contributed by atoms with van der Waals surface area (Å²) >= 11 is 0. The van der Waals surface area contributed by atoms with Gasteiger partial charge in [-0.15, -0.1) is 0 Å². The van der Waals surface area contributed by atoms with Crippen molar-refractivity contribution in [3.05, 3.63) is 11.1 Å². The number of nitrogens with zero attached hydrogens (tertiary/aromatic N) is 4. The largest absolute Gasteiger partial charge is 0.361 e. The fourth-order valence-corrected chi connectivity index (χ4v) is 1.13. The Morgan fingerprint density at radius 3 is 1.77 bits per heavy atom. The molecule has 1 rings (SSSR count). The first-order chi connectivity index (χ1) is 6.20. The van der Waals surface area contributed by atoms with Crippen LogP contribution < -0.4 is 0 Å². The molecule has 0 N–H and O–H groups in total. The van der Waals surface area contributed by atoms with E-state index in [4.69, 9.17) is 11.1 Å². The van der Waals surface area contributed by atoms with E-state index >= 15 is 0 Å². The molecule has 13 heavy (non-hydrogen) atoms. The molecule has 0 saturated heterocycles. The van der Waals surface area contributed by atoms with E-state index < -0.39 is 11.8 Å². The summed E-state index contributed by atoms with van der Waals surface area (Å²) in [6, 6.07) is 0. The molecule has 0 heterocycles. The SMILES string of the molecule is [N-]=[N+]=CC(=O)C1CC1C(=O)C=[N+]=[N-]. The highest BCUT2D eigenvalue weighted by Crippen LogP contribution is 2.38. The van der Waals surface area contributed by atoms with Gasteiger partial charge in [0.2, 0.25) is 11.6 Å². The Kier molecular flexibility index (Phi) is 2.59. The lowest BCUT2D eigenvalue weighted by atomic mass is 10.2. The van der Waals surface area contributed by atoms with Crippen molar-refractivity contribution in [2.45, 2.75) is 6.42 Å². The third-order valence-corrected chi connectivity index (χ3v) is 1.89. The zero-order chi connectivity index (χ0) is 9.84. The molecule has 1 fully saturated rings. The normalized spacial score (nSPS) is 23.7. The molecule has 2 atom stereocenters. The molecule has 1 aliphatic rings. The van der Waals surface area contributed by atoms with Gasteiger partial charge in [-0.2, -0.15) is 9.58 Å². The molecular weight excluding hydrogens is 172 g/mol. The van der Waals surface area contributed by atoms with E-state index in [9.17, 15) is 9.59 Å². The van der Waals surface area contributed by atoms with Gasteiger partial charge in [0.1, 0.15) is 0 Å². The van der Waals surface area contributed by atoms with E-state index in [1.165, 1.54) is 0 Å². The van der Waals surface area contributed by atoms with Crippen LogP contribution in [0.3, 0.4) is 0 Å². The van der Waals surface area contributed by atoms with E-state index in [1.807, 2.05) is 0 Å². The maximum absolute atomic E-state index is 11.0. The Bertz CT molecular complexity index is 316. The Morgan fingerprint density at radius 2 is 1.46 bits per heavy atom. The van der Waals surface area contributed by atoms with Gasteiger partial charge < -0.3 is 11.1 Å².